The minimum absolute atomic E-state index is 0.146. The number of hydrogen-bond acceptors (Lipinski definition) is 3. The SMILES string of the molecule is CC(C)(C)NC(=NCc1ccccn1)NC#N. The Morgan fingerprint density at radius 2 is 2.24 bits per heavy atom. The topological polar surface area (TPSA) is 73.1 Å². The molecule has 1 aromatic rings. The van der Waals surface area contributed by atoms with E-state index >= 15 is 0 Å². The summed E-state index contributed by atoms with van der Waals surface area (Å²) in [7, 11) is 0. The van der Waals surface area contributed by atoms with E-state index in [1.165, 1.54) is 0 Å². The van der Waals surface area contributed by atoms with Crippen LogP contribution in [0.25, 0.3) is 0 Å². The first-order valence-corrected chi connectivity index (χ1v) is 5.39. The first kappa shape index (κ1) is 13.0. The highest BCUT2D eigenvalue weighted by atomic mass is 15.2. The summed E-state index contributed by atoms with van der Waals surface area (Å²) in [5.74, 6) is 0.464. The lowest BCUT2D eigenvalue weighted by molar-refractivity contribution is 0.505. The van der Waals surface area contributed by atoms with E-state index in [-0.39, 0.29) is 5.54 Å². The highest BCUT2D eigenvalue weighted by Crippen LogP contribution is 1.99. The smallest absolute Gasteiger partial charge is 0.205 e. The third-order valence-electron chi connectivity index (χ3n) is 1.79. The number of rotatable bonds is 2. The Hall–Kier alpha value is -2.09. The Bertz CT molecular complexity index is 411. The Labute approximate surface area is 102 Å². The molecule has 1 rings (SSSR count). The third kappa shape index (κ3) is 5.52. The zero-order valence-electron chi connectivity index (χ0n) is 10.4. The fourth-order valence-electron chi connectivity index (χ4n) is 1.17. The highest BCUT2D eigenvalue weighted by Gasteiger charge is 2.11. The van der Waals surface area contributed by atoms with Crippen LogP contribution in [0.1, 0.15) is 26.5 Å². The van der Waals surface area contributed by atoms with Gasteiger partial charge in [-0.3, -0.25) is 10.3 Å². The fourth-order valence-corrected chi connectivity index (χ4v) is 1.17. The van der Waals surface area contributed by atoms with E-state index < -0.39 is 0 Å². The lowest BCUT2D eigenvalue weighted by Gasteiger charge is -2.22. The van der Waals surface area contributed by atoms with Crippen LogP contribution >= 0.6 is 0 Å². The molecule has 1 aromatic heterocycles. The van der Waals surface area contributed by atoms with E-state index in [0.29, 0.717) is 12.5 Å². The molecule has 0 amide bonds. The Kier molecular flexibility index (Phi) is 4.46. The molecule has 5 nitrogen and oxygen atoms in total. The maximum atomic E-state index is 8.63. The zero-order valence-corrected chi connectivity index (χ0v) is 10.4. The van der Waals surface area contributed by atoms with Gasteiger partial charge in [-0.1, -0.05) is 6.07 Å². The summed E-state index contributed by atoms with van der Waals surface area (Å²) in [6, 6.07) is 5.66. The van der Waals surface area contributed by atoms with E-state index in [9.17, 15) is 0 Å². The number of nitriles is 1. The van der Waals surface area contributed by atoms with E-state index in [1.807, 2.05) is 45.2 Å². The molecular formula is C12H17N5. The number of pyridine rings is 1. The van der Waals surface area contributed by atoms with Crippen molar-refractivity contribution < 1.29 is 0 Å². The summed E-state index contributed by atoms with van der Waals surface area (Å²) in [4.78, 5) is 8.44. The molecule has 0 spiro atoms. The first-order valence-electron chi connectivity index (χ1n) is 5.39. The number of nitrogens with zero attached hydrogens (tertiary/aromatic N) is 3. The third-order valence-corrected chi connectivity index (χ3v) is 1.79. The lowest BCUT2D eigenvalue weighted by atomic mass is 10.1. The molecule has 0 radical (unpaired) electrons. The summed E-state index contributed by atoms with van der Waals surface area (Å²) in [5, 5.41) is 14.3. The minimum Gasteiger partial charge on any atom is -0.351 e. The number of guanidine groups is 1. The van der Waals surface area contributed by atoms with Crippen molar-refractivity contribution in [1.82, 2.24) is 15.6 Å². The predicted molar refractivity (Wildman–Crippen MR) is 67.0 cm³/mol. The van der Waals surface area contributed by atoms with Crippen LogP contribution in [0.2, 0.25) is 0 Å². The van der Waals surface area contributed by atoms with Crippen molar-refractivity contribution in [3.05, 3.63) is 30.1 Å². The van der Waals surface area contributed by atoms with Crippen molar-refractivity contribution in [1.29, 1.82) is 5.26 Å². The molecule has 17 heavy (non-hydrogen) atoms. The second-order valence-corrected chi connectivity index (χ2v) is 4.60. The standard InChI is InChI=1S/C12H17N5/c1-12(2,3)17-11(16-9-13)15-8-10-6-4-5-7-14-10/h4-7H,8H2,1-3H3,(H2,15,16,17). The lowest BCUT2D eigenvalue weighted by Crippen LogP contribution is -2.46. The monoisotopic (exact) mass is 231 g/mol. The maximum absolute atomic E-state index is 8.63. The zero-order chi connectivity index (χ0) is 12.7. The number of nitrogens with one attached hydrogen (secondary N) is 2. The maximum Gasteiger partial charge on any atom is 0.205 e. The van der Waals surface area contributed by atoms with E-state index in [1.54, 1.807) is 6.20 Å². The molecule has 0 saturated heterocycles. The molecule has 0 aliphatic heterocycles. The molecule has 0 fully saturated rings. The van der Waals surface area contributed by atoms with Gasteiger partial charge in [-0.05, 0) is 32.9 Å². The quantitative estimate of drug-likeness (QED) is 0.349. The van der Waals surface area contributed by atoms with Crippen molar-refractivity contribution >= 4 is 5.96 Å². The second-order valence-electron chi connectivity index (χ2n) is 4.60. The van der Waals surface area contributed by atoms with Gasteiger partial charge in [0.2, 0.25) is 5.96 Å². The molecule has 1 heterocycles. The Morgan fingerprint density at radius 3 is 2.76 bits per heavy atom. The molecule has 0 aliphatic carbocycles. The van der Waals surface area contributed by atoms with Gasteiger partial charge in [-0.25, -0.2) is 4.99 Å². The molecule has 0 saturated carbocycles. The predicted octanol–water partition coefficient (Wildman–Crippen LogP) is 1.40. The summed E-state index contributed by atoms with van der Waals surface area (Å²) in [6.07, 6.45) is 3.58. The summed E-state index contributed by atoms with van der Waals surface area (Å²) in [5.41, 5.74) is 0.715. The number of hydrogen-bond donors (Lipinski definition) is 2. The Balaban J connectivity index is 2.68. The minimum atomic E-state index is -0.146. The van der Waals surface area contributed by atoms with Gasteiger partial charge in [0.15, 0.2) is 6.19 Å². The van der Waals surface area contributed by atoms with Crippen molar-refractivity contribution in [3.8, 4) is 6.19 Å². The van der Waals surface area contributed by atoms with Gasteiger partial charge in [0.25, 0.3) is 0 Å². The molecule has 0 unspecified atom stereocenters. The van der Waals surface area contributed by atoms with Crippen molar-refractivity contribution in [2.45, 2.75) is 32.9 Å². The van der Waals surface area contributed by atoms with Crippen LogP contribution < -0.4 is 10.6 Å². The van der Waals surface area contributed by atoms with Crippen molar-refractivity contribution in [2.24, 2.45) is 4.99 Å². The normalized spacial score (nSPS) is 11.8. The van der Waals surface area contributed by atoms with Crippen LogP contribution in [-0.4, -0.2) is 16.5 Å². The average Bonchev–Trinajstić information content (AvgIpc) is 2.26. The van der Waals surface area contributed by atoms with E-state index in [2.05, 4.69) is 20.6 Å². The second kappa shape index (κ2) is 5.85. The van der Waals surface area contributed by atoms with Crippen molar-refractivity contribution in [3.63, 3.8) is 0 Å². The molecule has 0 aliphatic rings. The molecular weight excluding hydrogens is 214 g/mol. The van der Waals surface area contributed by atoms with Gasteiger partial charge >= 0.3 is 0 Å². The van der Waals surface area contributed by atoms with Gasteiger partial charge in [0.05, 0.1) is 12.2 Å². The van der Waals surface area contributed by atoms with Gasteiger partial charge < -0.3 is 5.32 Å². The first-order chi connectivity index (χ1) is 8.01. The van der Waals surface area contributed by atoms with Gasteiger partial charge in [0.1, 0.15) is 0 Å². The van der Waals surface area contributed by atoms with E-state index in [4.69, 9.17) is 5.26 Å². The largest absolute Gasteiger partial charge is 0.351 e. The number of aliphatic imine (C=N–C) groups is 1. The van der Waals surface area contributed by atoms with Gasteiger partial charge in [-0.15, -0.1) is 0 Å². The van der Waals surface area contributed by atoms with Gasteiger partial charge in [-0.2, -0.15) is 5.26 Å². The molecule has 0 aromatic carbocycles. The fraction of sp³-hybridized carbons (Fsp3) is 0.417. The van der Waals surface area contributed by atoms with Crippen molar-refractivity contribution in [2.75, 3.05) is 0 Å². The van der Waals surface area contributed by atoms with Crippen LogP contribution in [-0.2, 0) is 6.54 Å². The Morgan fingerprint density at radius 1 is 1.47 bits per heavy atom. The summed E-state index contributed by atoms with van der Waals surface area (Å²) in [6.45, 7) is 6.45. The summed E-state index contributed by atoms with van der Waals surface area (Å²) < 4.78 is 0. The van der Waals surface area contributed by atoms with Crippen LogP contribution in [0, 0.1) is 11.5 Å². The number of aromatic nitrogens is 1. The molecule has 2 N–H and O–H groups in total. The summed E-state index contributed by atoms with van der Waals surface area (Å²) >= 11 is 0. The average molecular weight is 231 g/mol. The van der Waals surface area contributed by atoms with Crippen LogP contribution in [0.4, 0.5) is 0 Å². The molecule has 0 atom stereocenters. The molecule has 90 valence electrons. The van der Waals surface area contributed by atoms with Crippen LogP contribution in [0.3, 0.4) is 0 Å². The van der Waals surface area contributed by atoms with Crippen LogP contribution in [0.5, 0.6) is 0 Å². The molecule has 5 heteroatoms. The van der Waals surface area contributed by atoms with Crippen LogP contribution in [0.15, 0.2) is 29.4 Å². The highest BCUT2D eigenvalue weighted by molar-refractivity contribution is 5.81. The van der Waals surface area contributed by atoms with Gasteiger partial charge in [0, 0.05) is 11.7 Å². The molecule has 0 bridgehead atoms. The van der Waals surface area contributed by atoms with E-state index in [0.717, 1.165) is 5.69 Å².